The van der Waals surface area contributed by atoms with Crippen LogP contribution >= 0.6 is 0 Å². The lowest BCUT2D eigenvalue weighted by Gasteiger charge is -2.08. The summed E-state index contributed by atoms with van der Waals surface area (Å²) in [6, 6.07) is 0. The fourth-order valence-corrected chi connectivity index (χ4v) is 2.15. The van der Waals surface area contributed by atoms with Crippen molar-refractivity contribution in [2.24, 2.45) is 0 Å². The first kappa shape index (κ1) is 16.8. The standard InChI is InChI=1S/C9H17NO7S/c1-17-8(12)3-2-6-18(15,16)10-5-4-7(11)9(13)14/h7,10-11H,2-6H2,1H3,(H,13,14)/t7-/m0/s1. The number of hydrogen-bond acceptors (Lipinski definition) is 6. The van der Waals surface area contributed by atoms with E-state index < -0.39 is 28.1 Å². The molecule has 0 aromatic rings. The fourth-order valence-electron chi connectivity index (χ4n) is 1.06. The Labute approximate surface area is 105 Å². The van der Waals surface area contributed by atoms with Crippen molar-refractivity contribution in [1.29, 1.82) is 0 Å². The van der Waals surface area contributed by atoms with Crippen LogP contribution in [0.4, 0.5) is 0 Å². The zero-order valence-corrected chi connectivity index (χ0v) is 10.8. The van der Waals surface area contributed by atoms with E-state index in [1.807, 2.05) is 0 Å². The van der Waals surface area contributed by atoms with Gasteiger partial charge in [0.1, 0.15) is 0 Å². The van der Waals surface area contributed by atoms with Gasteiger partial charge in [-0.05, 0) is 12.8 Å². The molecule has 9 heteroatoms. The summed E-state index contributed by atoms with van der Waals surface area (Å²) >= 11 is 0. The lowest BCUT2D eigenvalue weighted by atomic mass is 10.3. The molecule has 0 aliphatic rings. The summed E-state index contributed by atoms with van der Waals surface area (Å²) in [7, 11) is -2.36. The first-order valence-corrected chi connectivity index (χ1v) is 6.88. The lowest BCUT2D eigenvalue weighted by molar-refractivity contribution is -0.146. The minimum absolute atomic E-state index is 0.00480. The van der Waals surface area contributed by atoms with Gasteiger partial charge in [0.15, 0.2) is 6.10 Å². The molecule has 0 aromatic carbocycles. The van der Waals surface area contributed by atoms with Gasteiger partial charge in [0.2, 0.25) is 10.0 Å². The van der Waals surface area contributed by atoms with Crippen LogP contribution < -0.4 is 4.72 Å². The van der Waals surface area contributed by atoms with Crippen molar-refractivity contribution in [3.05, 3.63) is 0 Å². The molecule has 0 spiro atoms. The maximum atomic E-state index is 11.4. The number of ether oxygens (including phenoxy) is 1. The maximum absolute atomic E-state index is 11.4. The van der Waals surface area contributed by atoms with Crippen molar-refractivity contribution in [3.8, 4) is 0 Å². The topological polar surface area (TPSA) is 130 Å². The summed E-state index contributed by atoms with van der Waals surface area (Å²) in [6.07, 6.45) is -1.70. The van der Waals surface area contributed by atoms with Gasteiger partial charge < -0.3 is 14.9 Å². The van der Waals surface area contributed by atoms with E-state index in [0.717, 1.165) is 0 Å². The predicted octanol–water partition coefficient (Wildman–Crippen LogP) is -1.31. The molecule has 1 atom stereocenters. The average Bonchev–Trinajstić information content (AvgIpc) is 2.27. The van der Waals surface area contributed by atoms with E-state index in [0.29, 0.717) is 0 Å². The number of aliphatic hydroxyl groups excluding tert-OH is 1. The number of carboxylic acid groups (broad SMARTS) is 1. The smallest absolute Gasteiger partial charge is 0.332 e. The highest BCUT2D eigenvalue weighted by Crippen LogP contribution is 1.97. The number of hydrogen-bond donors (Lipinski definition) is 3. The second kappa shape index (κ2) is 8.01. The molecule has 0 heterocycles. The molecule has 0 aliphatic heterocycles. The third-order valence-corrected chi connectivity index (χ3v) is 3.52. The number of carboxylic acids is 1. The summed E-state index contributed by atoms with van der Waals surface area (Å²) in [4.78, 5) is 21.0. The van der Waals surface area contributed by atoms with E-state index in [-0.39, 0.29) is 31.6 Å². The zero-order valence-electron chi connectivity index (χ0n) is 9.96. The minimum Gasteiger partial charge on any atom is -0.479 e. The number of esters is 1. The Morgan fingerprint density at radius 1 is 1.39 bits per heavy atom. The van der Waals surface area contributed by atoms with Crippen LogP contribution in [0.3, 0.4) is 0 Å². The first-order chi connectivity index (χ1) is 8.28. The Balaban J connectivity index is 3.87. The van der Waals surface area contributed by atoms with Gasteiger partial charge in [0, 0.05) is 13.0 Å². The number of carbonyl (C=O) groups is 2. The van der Waals surface area contributed by atoms with E-state index in [1.165, 1.54) is 7.11 Å². The highest BCUT2D eigenvalue weighted by Gasteiger charge is 2.15. The first-order valence-electron chi connectivity index (χ1n) is 5.23. The van der Waals surface area contributed by atoms with Crippen molar-refractivity contribution in [2.45, 2.75) is 25.4 Å². The number of aliphatic hydroxyl groups is 1. The van der Waals surface area contributed by atoms with Gasteiger partial charge in [-0.1, -0.05) is 0 Å². The van der Waals surface area contributed by atoms with Crippen LogP contribution in [0.1, 0.15) is 19.3 Å². The van der Waals surface area contributed by atoms with Gasteiger partial charge in [-0.2, -0.15) is 0 Å². The van der Waals surface area contributed by atoms with E-state index in [2.05, 4.69) is 9.46 Å². The molecule has 0 fully saturated rings. The Kier molecular flexibility index (Phi) is 7.48. The molecule has 18 heavy (non-hydrogen) atoms. The Hall–Kier alpha value is -1.19. The van der Waals surface area contributed by atoms with E-state index in [4.69, 9.17) is 10.2 Å². The van der Waals surface area contributed by atoms with Crippen LogP contribution in [0.5, 0.6) is 0 Å². The Morgan fingerprint density at radius 3 is 2.50 bits per heavy atom. The third kappa shape index (κ3) is 7.98. The van der Waals surface area contributed by atoms with Gasteiger partial charge in [-0.15, -0.1) is 0 Å². The molecule has 3 N–H and O–H groups in total. The van der Waals surface area contributed by atoms with Crippen LogP contribution in [0, 0.1) is 0 Å². The van der Waals surface area contributed by atoms with Crippen LogP contribution in [0.25, 0.3) is 0 Å². The van der Waals surface area contributed by atoms with Crippen molar-refractivity contribution in [1.82, 2.24) is 4.72 Å². The van der Waals surface area contributed by atoms with Crippen molar-refractivity contribution in [2.75, 3.05) is 19.4 Å². The monoisotopic (exact) mass is 283 g/mol. The van der Waals surface area contributed by atoms with Gasteiger partial charge in [-0.25, -0.2) is 17.9 Å². The van der Waals surface area contributed by atoms with Crippen molar-refractivity contribution < 1.29 is 33.0 Å². The molecule has 0 bridgehead atoms. The highest BCUT2D eigenvalue weighted by atomic mass is 32.2. The second-order valence-electron chi connectivity index (χ2n) is 3.54. The van der Waals surface area contributed by atoms with Gasteiger partial charge in [0.05, 0.1) is 12.9 Å². The molecular formula is C9H17NO7S. The minimum atomic E-state index is -3.57. The predicted molar refractivity (Wildman–Crippen MR) is 61.3 cm³/mol. The molecule has 0 amide bonds. The molecular weight excluding hydrogens is 266 g/mol. The number of carbonyl (C=O) groups excluding carboxylic acids is 1. The molecule has 0 saturated carbocycles. The van der Waals surface area contributed by atoms with Gasteiger partial charge >= 0.3 is 11.9 Å². The number of sulfonamides is 1. The fraction of sp³-hybridized carbons (Fsp3) is 0.778. The number of methoxy groups -OCH3 is 1. The van der Waals surface area contributed by atoms with Crippen molar-refractivity contribution in [3.63, 3.8) is 0 Å². The van der Waals surface area contributed by atoms with Crippen molar-refractivity contribution >= 4 is 22.0 Å². The van der Waals surface area contributed by atoms with Crippen LogP contribution in [-0.4, -0.2) is 56.1 Å². The highest BCUT2D eigenvalue weighted by molar-refractivity contribution is 7.89. The summed E-state index contributed by atoms with van der Waals surface area (Å²) in [5.74, 6) is -2.16. The second-order valence-corrected chi connectivity index (χ2v) is 5.46. The molecule has 0 saturated heterocycles. The molecule has 0 rings (SSSR count). The summed E-state index contributed by atoms with van der Waals surface area (Å²) in [5, 5.41) is 17.3. The van der Waals surface area contributed by atoms with Gasteiger partial charge in [0.25, 0.3) is 0 Å². The molecule has 0 aromatic heterocycles. The quantitative estimate of drug-likeness (QED) is 0.448. The van der Waals surface area contributed by atoms with Crippen LogP contribution in [0.15, 0.2) is 0 Å². The molecule has 8 nitrogen and oxygen atoms in total. The molecule has 0 unspecified atom stereocenters. The third-order valence-electron chi connectivity index (χ3n) is 2.05. The number of nitrogens with one attached hydrogen (secondary N) is 1. The lowest BCUT2D eigenvalue weighted by Crippen LogP contribution is -2.31. The van der Waals surface area contributed by atoms with E-state index >= 15 is 0 Å². The maximum Gasteiger partial charge on any atom is 0.332 e. The van der Waals surface area contributed by atoms with Gasteiger partial charge in [-0.3, -0.25) is 4.79 Å². The van der Waals surface area contributed by atoms with E-state index in [1.54, 1.807) is 0 Å². The average molecular weight is 283 g/mol. The SMILES string of the molecule is COC(=O)CCCS(=O)(=O)NCC[C@H](O)C(=O)O. The normalized spacial score (nSPS) is 13.0. The summed E-state index contributed by atoms with van der Waals surface area (Å²) < 4.78 is 29.2. The Bertz CT molecular complexity index is 378. The largest absolute Gasteiger partial charge is 0.479 e. The summed E-state index contributed by atoms with van der Waals surface area (Å²) in [6.45, 7) is -0.173. The zero-order chi connectivity index (χ0) is 14.2. The Morgan fingerprint density at radius 2 is 2.00 bits per heavy atom. The molecule has 106 valence electrons. The molecule has 0 radical (unpaired) electrons. The number of aliphatic carboxylic acids is 1. The number of rotatable bonds is 9. The van der Waals surface area contributed by atoms with Crippen LogP contribution in [0.2, 0.25) is 0 Å². The van der Waals surface area contributed by atoms with E-state index in [9.17, 15) is 18.0 Å². The van der Waals surface area contributed by atoms with Crippen LogP contribution in [-0.2, 0) is 24.3 Å². The molecule has 0 aliphatic carbocycles. The summed E-state index contributed by atoms with van der Waals surface area (Å²) in [5.41, 5.74) is 0.